The number of aromatic nitrogens is 2. The molecule has 0 saturated carbocycles. The van der Waals surface area contributed by atoms with Gasteiger partial charge in [0.1, 0.15) is 10.6 Å². The lowest BCUT2D eigenvalue weighted by Gasteiger charge is -2.26. The number of nitrogens with zero attached hydrogens (tertiary/aromatic N) is 2. The van der Waals surface area contributed by atoms with Crippen molar-refractivity contribution in [1.82, 2.24) is 14.9 Å². The molecular weight excluding hydrogens is 373 g/mol. The Morgan fingerprint density at radius 3 is 2.81 bits per heavy atom. The van der Waals surface area contributed by atoms with Crippen molar-refractivity contribution in [3.63, 3.8) is 0 Å². The third kappa shape index (κ3) is 3.83. The lowest BCUT2D eigenvalue weighted by molar-refractivity contribution is 0.0410. The zero-order valence-corrected chi connectivity index (χ0v) is 15.7. The Labute approximate surface area is 158 Å². The second-order valence-corrected chi connectivity index (χ2v) is 7.95. The van der Waals surface area contributed by atoms with Crippen LogP contribution in [0.3, 0.4) is 0 Å². The van der Waals surface area contributed by atoms with Crippen LogP contribution in [-0.4, -0.2) is 53.5 Å². The van der Waals surface area contributed by atoms with E-state index in [-0.39, 0.29) is 11.4 Å². The molecule has 0 aliphatic carbocycles. The maximum atomic E-state index is 13.1. The minimum Gasteiger partial charge on any atom is -0.379 e. The highest BCUT2D eigenvalue weighted by atomic mass is 32.2. The monoisotopic (exact) mass is 391 g/mol. The number of H-pyrrole nitrogens is 1. The lowest BCUT2D eigenvalue weighted by Crippen LogP contribution is -2.37. The highest BCUT2D eigenvalue weighted by molar-refractivity contribution is 7.99. The van der Waals surface area contributed by atoms with Gasteiger partial charge in [-0.15, -0.1) is 11.3 Å². The van der Waals surface area contributed by atoms with Crippen LogP contribution in [0.4, 0.5) is 4.39 Å². The molecule has 2 aromatic heterocycles. The van der Waals surface area contributed by atoms with Crippen molar-refractivity contribution in [3.05, 3.63) is 45.8 Å². The predicted molar refractivity (Wildman–Crippen MR) is 104 cm³/mol. The lowest BCUT2D eigenvalue weighted by atomic mass is 10.1. The van der Waals surface area contributed by atoms with E-state index < -0.39 is 0 Å². The summed E-state index contributed by atoms with van der Waals surface area (Å²) in [4.78, 5) is 23.1. The summed E-state index contributed by atoms with van der Waals surface area (Å²) in [7, 11) is 0. The summed E-state index contributed by atoms with van der Waals surface area (Å²) >= 11 is 3.00. The Morgan fingerprint density at radius 1 is 1.27 bits per heavy atom. The Hall–Kier alpha value is -1.74. The summed E-state index contributed by atoms with van der Waals surface area (Å²) in [6.07, 6.45) is 0. The van der Waals surface area contributed by atoms with Gasteiger partial charge in [-0.3, -0.25) is 9.69 Å². The fourth-order valence-corrected chi connectivity index (χ4v) is 4.80. The molecule has 26 heavy (non-hydrogen) atoms. The predicted octanol–water partition coefficient (Wildman–Crippen LogP) is 3.22. The third-order valence-electron chi connectivity index (χ3n) is 4.33. The van der Waals surface area contributed by atoms with E-state index in [4.69, 9.17) is 4.74 Å². The molecule has 1 aliphatic heterocycles. The molecule has 136 valence electrons. The number of nitrogens with one attached hydrogen (secondary N) is 1. The number of morpholine rings is 1. The first-order valence-electron chi connectivity index (χ1n) is 8.41. The van der Waals surface area contributed by atoms with Crippen LogP contribution in [0.5, 0.6) is 0 Å². The summed E-state index contributed by atoms with van der Waals surface area (Å²) in [5.74, 6) is 0.573. The van der Waals surface area contributed by atoms with Gasteiger partial charge in [0, 0.05) is 36.3 Å². The van der Waals surface area contributed by atoms with E-state index in [9.17, 15) is 9.18 Å². The van der Waals surface area contributed by atoms with Crippen LogP contribution in [0.1, 0.15) is 0 Å². The topological polar surface area (TPSA) is 58.2 Å². The molecule has 5 nitrogen and oxygen atoms in total. The van der Waals surface area contributed by atoms with Gasteiger partial charge < -0.3 is 9.72 Å². The van der Waals surface area contributed by atoms with Gasteiger partial charge in [-0.2, -0.15) is 0 Å². The molecule has 0 unspecified atom stereocenters. The maximum absolute atomic E-state index is 13.1. The third-order valence-corrected chi connectivity index (χ3v) is 6.05. The standard InChI is InChI=1S/C18H18FN3O2S2/c19-13-3-1-12(2-4-13)14-11-26-17-15(14)16(23)20-18(21-17)25-10-7-22-5-8-24-9-6-22/h1-4,11H,5-10H2,(H,20,21,23). The first-order chi connectivity index (χ1) is 12.7. The molecule has 1 aromatic carbocycles. The fourth-order valence-electron chi connectivity index (χ4n) is 2.94. The number of fused-ring (bicyclic) bond motifs is 1. The molecule has 0 bridgehead atoms. The Balaban J connectivity index is 1.52. The Kier molecular flexibility index (Phi) is 5.35. The highest BCUT2D eigenvalue weighted by Crippen LogP contribution is 2.31. The van der Waals surface area contributed by atoms with Gasteiger partial charge in [-0.25, -0.2) is 9.37 Å². The first kappa shape index (κ1) is 17.7. The van der Waals surface area contributed by atoms with Crippen molar-refractivity contribution in [2.75, 3.05) is 38.6 Å². The molecule has 1 saturated heterocycles. The van der Waals surface area contributed by atoms with Crippen LogP contribution >= 0.6 is 23.1 Å². The number of hydrogen-bond donors (Lipinski definition) is 1. The molecule has 1 N–H and O–H groups in total. The number of ether oxygens (including phenoxy) is 1. The van der Waals surface area contributed by atoms with Crippen molar-refractivity contribution >= 4 is 33.3 Å². The zero-order chi connectivity index (χ0) is 17.9. The Morgan fingerprint density at radius 2 is 2.04 bits per heavy atom. The molecule has 4 rings (SSSR count). The highest BCUT2D eigenvalue weighted by Gasteiger charge is 2.14. The van der Waals surface area contributed by atoms with Gasteiger partial charge in [0.2, 0.25) is 0 Å². The maximum Gasteiger partial charge on any atom is 0.260 e. The van der Waals surface area contributed by atoms with Gasteiger partial charge in [-0.05, 0) is 17.7 Å². The van der Waals surface area contributed by atoms with Crippen molar-refractivity contribution in [2.45, 2.75) is 5.16 Å². The molecule has 1 aliphatic rings. The van der Waals surface area contributed by atoms with Crippen molar-refractivity contribution in [1.29, 1.82) is 0 Å². The van der Waals surface area contributed by atoms with Gasteiger partial charge in [0.05, 0.1) is 18.6 Å². The number of halogens is 1. The summed E-state index contributed by atoms with van der Waals surface area (Å²) in [5.41, 5.74) is 1.46. The molecule has 0 radical (unpaired) electrons. The summed E-state index contributed by atoms with van der Waals surface area (Å²) < 4.78 is 18.5. The van der Waals surface area contributed by atoms with Crippen LogP contribution in [0, 0.1) is 5.82 Å². The molecule has 3 aromatic rings. The number of aromatic amines is 1. The van der Waals surface area contributed by atoms with E-state index in [0.717, 1.165) is 49.7 Å². The molecular formula is C18H18FN3O2S2. The van der Waals surface area contributed by atoms with Crippen LogP contribution in [-0.2, 0) is 4.74 Å². The van der Waals surface area contributed by atoms with E-state index in [1.54, 1.807) is 23.9 Å². The van der Waals surface area contributed by atoms with Gasteiger partial charge in [0.25, 0.3) is 5.56 Å². The quantitative estimate of drug-likeness (QED) is 0.535. The largest absolute Gasteiger partial charge is 0.379 e. The van der Waals surface area contributed by atoms with Gasteiger partial charge >= 0.3 is 0 Å². The summed E-state index contributed by atoms with van der Waals surface area (Å²) in [6, 6.07) is 6.16. The van der Waals surface area contributed by atoms with Crippen molar-refractivity contribution < 1.29 is 9.13 Å². The number of hydrogen-bond acceptors (Lipinski definition) is 6. The van der Waals surface area contributed by atoms with Gasteiger partial charge in [-0.1, -0.05) is 23.9 Å². The fraction of sp³-hybridized carbons (Fsp3) is 0.333. The van der Waals surface area contributed by atoms with Crippen LogP contribution in [0.2, 0.25) is 0 Å². The van der Waals surface area contributed by atoms with Gasteiger partial charge in [0.15, 0.2) is 5.16 Å². The molecule has 0 atom stereocenters. The number of rotatable bonds is 5. The van der Waals surface area contributed by atoms with E-state index in [1.807, 2.05) is 5.38 Å². The molecule has 0 amide bonds. The van der Waals surface area contributed by atoms with Crippen molar-refractivity contribution in [2.24, 2.45) is 0 Å². The second-order valence-electron chi connectivity index (χ2n) is 6.01. The SMILES string of the molecule is O=c1[nH]c(SCCN2CCOCC2)nc2scc(-c3ccc(F)cc3)c12. The number of benzene rings is 1. The normalized spacial score (nSPS) is 15.6. The Bertz CT molecular complexity index is 949. The number of thiophene rings is 1. The van der Waals surface area contributed by atoms with Crippen LogP contribution < -0.4 is 5.56 Å². The van der Waals surface area contributed by atoms with Crippen LogP contribution in [0.25, 0.3) is 21.3 Å². The molecule has 3 heterocycles. The first-order valence-corrected chi connectivity index (χ1v) is 10.3. The average Bonchev–Trinajstić information content (AvgIpc) is 3.08. The minimum atomic E-state index is -0.292. The van der Waals surface area contributed by atoms with E-state index in [2.05, 4.69) is 14.9 Å². The second kappa shape index (κ2) is 7.87. The van der Waals surface area contributed by atoms with E-state index in [1.165, 1.54) is 23.5 Å². The van der Waals surface area contributed by atoms with E-state index >= 15 is 0 Å². The molecule has 0 spiro atoms. The van der Waals surface area contributed by atoms with E-state index in [0.29, 0.717) is 15.4 Å². The average molecular weight is 391 g/mol. The molecule has 8 heteroatoms. The zero-order valence-electron chi connectivity index (χ0n) is 14.0. The molecule has 1 fully saturated rings. The number of thioether (sulfide) groups is 1. The van der Waals surface area contributed by atoms with Crippen molar-refractivity contribution in [3.8, 4) is 11.1 Å². The minimum absolute atomic E-state index is 0.149. The summed E-state index contributed by atoms with van der Waals surface area (Å²) in [5, 5.41) is 3.12. The smallest absolute Gasteiger partial charge is 0.260 e. The summed E-state index contributed by atoms with van der Waals surface area (Å²) in [6.45, 7) is 4.42. The van der Waals surface area contributed by atoms with Crippen LogP contribution in [0.15, 0.2) is 39.6 Å².